The van der Waals surface area contributed by atoms with E-state index in [1.54, 1.807) is 0 Å². The van der Waals surface area contributed by atoms with E-state index in [4.69, 9.17) is 15.5 Å². The summed E-state index contributed by atoms with van der Waals surface area (Å²) in [6.45, 7) is 6.07. The van der Waals surface area contributed by atoms with Crippen LogP contribution in [-0.4, -0.2) is 47.7 Å². The predicted octanol–water partition coefficient (Wildman–Crippen LogP) is 2.78. The lowest BCUT2D eigenvalue weighted by Crippen LogP contribution is -2.38. The van der Waals surface area contributed by atoms with Crippen molar-refractivity contribution in [1.29, 1.82) is 0 Å². The van der Waals surface area contributed by atoms with Gasteiger partial charge in [0.2, 0.25) is 12.4 Å². The zero-order chi connectivity index (χ0) is 21.0. The van der Waals surface area contributed by atoms with Crippen LogP contribution in [0.5, 0.6) is 0 Å². The molecule has 8 nitrogen and oxygen atoms in total. The highest BCUT2D eigenvalue weighted by molar-refractivity contribution is 9.10. The van der Waals surface area contributed by atoms with E-state index >= 15 is 0 Å². The number of hydrogen-bond acceptors (Lipinski definition) is 8. The maximum atomic E-state index is 9.66. The van der Waals surface area contributed by atoms with E-state index in [1.165, 1.54) is 7.11 Å². The molecule has 1 aliphatic rings. The molecular formula is C20H29BrN6O2. The summed E-state index contributed by atoms with van der Waals surface area (Å²) in [4.78, 5) is 9.26. The van der Waals surface area contributed by atoms with Crippen LogP contribution in [0, 0.1) is 6.92 Å². The topological polar surface area (TPSA) is 117 Å². The molecule has 158 valence electrons. The molecule has 3 rings (SSSR count). The molecule has 0 spiro atoms. The van der Waals surface area contributed by atoms with Crippen molar-refractivity contribution in [3.05, 3.63) is 39.6 Å². The third kappa shape index (κ3) is 5.16. The number of aliphatic hydroxyl groups is 1. The van der Waals surface area contributed by atoms with Gasteiger partial charge in [0.25, 0.3) is 0 Å². The molecule has 0 radical (unpaired) electrons. The van der Waals surface area contributed by atoms with Crippen molar-refractivity contribution >= 4 is 33.3 Å². The number of nitrogen functional groups attached to an aromatic ring is 1. The number of nitrogens with one attached hydrogen (secondary N) is 3. The van der Waals surface area contributed by atoms with Crippen LogP contribution in [0.2, 0.25) is 0 Å². The minimum atomic E-state index is -1.11. The number of ether oxygens (including phenoxy) is 1. The molecular weight excluding hydrogens is 436 g/mol. The normalized spacial score (nSPS) is 18.9. The van der Waals surface area contributed by atoms with Gasteiger partial charge in [-0.15, -0.1) is 0 Å². The summed E-state index contributed by atoms with van der Waals surface area (Å²) in [5, 5.41) is 19.3. The minimum absolute atomic E-state index is 0.0271. The zero-order valence-corrected chi connectivity index (χ0v) is 18.6. The lowest BCUT2D eigenvalue weighted by Gasteiger charge is -2.25. The molecule has 2 aromatic rings. The molecule has 0 amide bonds. The highest BCUT2D eigenvalue weighted by Crippen LogP contribution is 2.38. The summed E-state index contributed by atoms with van der Waals surface area (Å²) in [6.07, 6.45) is 3.00. The third-order valence-corrected chi connectivity index (χ3v) is 6.09. The lowest BCUT2D eigenvalue weighted by molar-refractivity contribution is -0.0510. The Labute approximate surface area is 179 Å². The Kier molecular flexibility index (Phi) is 7.28. The molecule has 1 aliphatic heterocycles. The van der Waals surface area contributed by atoms with E-state index in [1.807, 2.05) is 25.3 Å². The molecule has 2 heterocycles. The molecule has 9 heteroatoms. The van der Waals surface area contributed by atoms with Gasteiger partial charge in [0, 0.05) is 31.8 Å². The van der Waals surface area contributed by atoms with Crippen molar-refractivity contribution in [3.63, 3.8) is 0 Å². The second-order valence-corrected chi connectivity index (χ2v) is 8.13. The number of aromatic nitrogens is 2. The highest BCUT2D eigenvalue weighted by atomic mass is 79.9. The fraction of sp³-hybridized carbons (Fsp3) is 0.500. The van der Waals surface area contributed by atoms with Gasteiger partial charge in [0.05, 0.1) is 21.5 Å². The van der Waals surface area contributed by atoms with Crippen molar-refractivity contribution in [2.75, 3.05) is 36.6 Å². The molecule has 6 N–H and O–H groups in total. The van der Waals surface area contributed by atoms with Crippen molar-refractivity contribution in [2.45, 2.75) is 45.1 Å². The Morgan fingerprint density at radius 2 is 2.21 bits per heavy atom. The maximum Gasteiger partial charge on any atom is 0.235 e. The van der Waals surface area contributed by atoms with Crippen molar-refractivity contribution < 1.29 is 9.84 Å². The highest BCUT2D eigenvalue weighted by Gasteiger charge is 2.21. The van der Waals surface area contributed by atoms with Crippen LogP contribution >= 0.6 is 15.9 Å². The van der Waals surface area contributed by atoms with Gasteiger partial charge in [0.15, 0.2) is 0 Å². The van der Waals surface area contributed by atoms with Crippen molar-refractivity contribution in [1.82, 2.24) is 15.3 Å². The zero-order valence-electron chi connectivity index (χ0n) is 17.0. The average molecular weight is 465 g/mol. The standard InChI is InChI=1S/C20H29BrN6O2/c1-11-9-24-19(25-13-5-4-8-23-10-13)27-18(11)12(2)14-6-7-15(16(21)17(14)22)26-20(28)29-3/h6-7,9,12-13,20,23,26,28H,4-5,8,10,22H2,1-3H3,(H,24,25,27)/t12-,13+,20?/m1/s1. The molecule has 1 saturated heterocycles. The summed E-state index contributed by atoms with van der Waals surface area (Å²) >= 11 is 3.52. The number of nitrogens with two attached hydrogens (primary N) is 1. The van der Waals surface area contributed by atoms with Gasteiger partial charge in [0.1, 0.15) is 0 Å². The van der Waals surface area contributed by atoms with E-state index in [2.05, 4.69) is 43.8 Å². The Morgan fingerprint density at radius 1 is 1.41 bits per heavy atom. The number of benzene rings is 1. The lowest BCUT2D eigenvalue weighted by atomic mass is 9.93. The van der Waals surface area contributed by atoms with E-state index in [9.17, 15) is 5.11 Å². The molecule has 0 bridgehead atoms. The average Bonchev–Trinajstić information content (AvgIpc) is 2.73. The van der Waals surface area contributed by atoms with E-state index in [0.29, 0.717) is 27.8 Å². The molecule has 1 aromatic carbocycles. The summed E-state index contributed by atoms with van der Waals surface area (Å²) in [7, 11) is 1.41. The summed E-state index contributed by atoms with van der Waals surface area (Å²) in [5.41, 5.74) is 10.5. The second kappa shape index (κ2) is 9.71. The number of anilines is 3. The smallest absolute Gasteiger partial charge is 0.235 e. The largest absolute Gasteiger partial charge is 0.398 e. The van der Waals surface area contributed by atoms with Crippen LogP contribution in [0.15, 0.2) is 22.8 Å². The first kappa shape index (κ1) is 21.8. The predicted molar refractivity (Wildman–Crippen MR) is 119 cm³/mol. The maximum absolute atomic E-state index is 9.66. The van der Waals surface area contributed by atoms with Gasteiger partial charge in [-0.25, -0.2) is 9.97 Å². The van der Waals surface area contributed by atoms with Gasteiger partial charge in [-0.3, -0.25) is 0 Å². The number of aliphatic hydroxyl groups excluding tert-OH is 1. The van der Waals surface area contributed by atoms with Crippen LogP contribution in [-0.2, 0) is 4.74 Å². The van der Waals surface area contributed by atoms with Gasteiger partial charge in [-0.1, -0.05) is 13.0 Å². The third-order valence-electron chi connectivity index (χ3n) is 5.23. The minimum Gasteiger partial charge on any atom is -0.398 e. The van der Waals surface area contributed by atoms with Crippen LogP contribution in [0.1, 0.15) is 42.5 Å². The van der Waals surface area contributed by atoms with Crippen molar-refractivity contribution in [3.8, 4) is 0 Å². The van der Waals surface area contributed by atoms with Crippen LogP contribution < -0.4 is 21.7 Å². The Bertz CT molecular complexity index is 844. The quantitative estimate of drug-likeness (QED) is 0.313. The monoisotopic (exact) mass is 464 g/mol. The number of methoxy groups -OCH3 is 1. The fourth-order valence-corrected chi connectivity index (χ4v) is 4.03. The molecule has 1 aromatic heterocycles. The molecule has 3 atom stereocenters. The molecule has 0 saturated carbocycles. The number of piperidine rings is 1. The molecule has 1 fully saturated rings. The van der Waals surface area contributed by atoms with Crippen LogP contribution in [0.3, 0.4) is 0 Å². The fourth-order valence-electron chi connectivity index (χ4n) is 3.56. The summed E-state index contributed by atoms with van der Waals surface area (Å²) < 4.78 is 5.52. The summed E-state index contributed by atoms with van der Waals surface area (Å²) in [5.74, 6) is 0.617. The SMILES string of the molecule is COC(O)Nc1ccc([C@@H](C)c2nc(N[C@H]3CCCNC3)ncc2C)c(N)c1Br. The summed E-state index contributed by atoms with van der Waals surface area (Å²) in [6, 6.07) is 4.14. The van der Waals surface area contributed by atoms with Gasteiger partial charge in [-0.05, 0) is 59.4 Å². The molecule has 29 heavy (non-hydrogen) atoms. The van der Waals surface area contributed by atoms with E-state index in [0.717, 1.165) is 42.8 Å². The number of nitrogens with zero attached hydrogens (tertiary/aromatic N) is 2. The Balaban J connectivity index is 1.84. The van der Waals surface area contributed by atoms with Crippen LogP contribution in [0.25, 0.3) is 0 Å². The number of hydrogen-bond donors (Lipinski definition) is 5. The Morgan fingerprint density at radius 3 is 2.90 bits per heavy atom. The van der Waals surface area contributed by atoms with Crippen molar-refractivity contribution in [2.24, 2.45) is 0 Å². The van der Waals surface area contributed by atoms with Gasteiger partial charge >= 0.3 is 0 Å². The van der Waals surface area contributed by atoms with Gasteiger partial charge < -0.3 is 31.5 Å². The van der Waals surface area contributed by atoms with E-state index in [-0.39, 0.29) is 5.92 Å². The van der Waals surface area contributed by atoms with Crippen LogP contribution in [0.4, 0.5) is 17.3 Å². The molecule has 0 aliphatic carbocycles. The molecule has 1 unspecified atom stereocenters. The number of rotatable bonds is 7. The first-order chi connectivity index (χ1) is 13.9. The number of aryl methyl sites for hydroxylation is 1. The Hall–Kier alpha value is -1.94. The first-order valence-corrected chi connectivity index (χ1v) is 10.6. The van der Waals surface area contributed by atoms with E-state index < -0.39 is 6.41 Å². The second-order valence-electron chi connectivity index (χ2n) is 7.33. The van der Waals surface area contributed by atoms with Gasteiger partial charge in [-0.2, -0.15) is 0 Å². The first-order valence-electron chi connectivity index (χ1n) is 9.76. The number of halogens is 1.